The number of fused-ring (bicyclic) bond motifs is 2. The number of ether oxygens (including phenoxy) is 2. The average molecular weight is 510 g/mol. The first-order valence-electron chi connectivity index (χ1n) is 12.5. The van der Waals surface area contributed by atoms with Crippen molar-refractivity contribution < 1.29 is 19.1 Å². The molecule has 1 atom stereocenters. The summed E-state index contributed by atoms with van der Waals surface area (Å²) < 4.78 is 12.5. The Morgan fingerprint density at radius 1 is 1.22 bits per heavy atom. The summed E-state index contributed by atoms with van der Waals surface area (Å²) in [4.78, 5) is 44.9. The molecule has 0 radical (unpaired) electrons. The van der Waals surface area contributed by atoms with Gasteiger partial charge in [-0.3, -0.25) is 4.79 Å². The van der Waals surface area contributed by atoms with Gasteiger partial charge >= 0.3 is 12.1 Å². The number of rotatable bonds is 5. The van der Waals surface area contributed by atoms with Crippen molar-refractivity contribution in [2.45, 2.75) is 77.5 Å². The van der Waals surface area contributed by atoms with Crippen molar-refractivity contribution in [1.82, 2.24) is 14.9 Å². The topological polar surface area (TPSA) is 99.5 Å². The largest absolute Gasteiger partial charge is 0.462 e. The molecule has 0 aromatic carbocycles. The molecule has 3 heterocycles. The van der Waals surface area contributed by atoms with E-state index in [4.69, 9.17) is 14.5 Å². The number of aromatic nitrogens is 2. The molecule has 1 fully saturated rings. The smallest absolute Gasteiger partial charge is 0.408 e. The molecule has 8 nitrogen and oxygen atoms in total. The summed E-state index contributed by atoms with van der Waals surface area (Å²) in [7, 11) is 0. The summed E-state index contributed by atoms with van der Waals surface area (Å²) >= 11 is 1.62. The molecule has 0 bridgehead atoms. The van der Waals surface area contributed by atoms with E-state index in [2.05, 4.69) is 11.4 Å². The fourth-order valence-corrected chi connectivity index (χ4v) is 5.89. The van der Waals surface area contributed by atoms with E-state index in [-0.39, 0.29) is 29.7 Å². The van der Waals surface area contributed by atoms with Gasteiger partial charge in [0.05, 0.1) is 28.6 Å². The molecular formula is C27H31N3O5S. The third kappa shape index (κ3) is 4.89. The standard InChI is InChI=1S/C27H31N3O5S/c1-5-34-25(32)18-14-30(16-9-10-16)24-17(22(18)31)11-12-19(28-24)21-13-15-7-6-8-20(23(15)36-21)29-26(33)35-27(2,3)4/h11-14,16,20H,5-10H2,1-4H3,(H,29,33). The number of hydrogen-bond donors (Lipinski definition) is 1. The van der Waals surface area contributed by atoms with Crippen molar-refractivity contribution >= 4 is 34.4 Å². The zero-order valence-electron chi connectivity index (χ0n) is 21.1. The van der Waals surface area contributed by atoms with Crippen molar-refractivity contribution in [3.05, 3.63) is 50.6 Å². The molecule has 0 aliphatic heterocycles. The lowest BCUT2D eigenvalue weighted by molar-refractivity contribution is 0.0496. The number of aryl methyl sites for hydroxylation is 1. The van der Waals surface area contributed by atoms with Crippen molar-refractivity contribution in [1.29, 1.82) is 0 Å². The zero-order chi connectivity index (χ0) is 25.6. The highest BCUT2D eigenvalue weighted by Gasteiger charge is 2.30. The van der Waals surface area contributed by atoms with Crippen LogP contribution < -0.4 is 10.7 Å². The number of thiophene rings is 1. The van der Waals surface area contributed by atoms with Gasteiger partial charge in [0, 0.05) is 17.1 Å². The van der Waals surface area contributed by atoms with Gasteiger partial charge in [-0.05, 0) is 83.6 Å². The molecule has 36 heavy (non-hydrogen) atoms. The Morgan fingerprint density at radius 2 is 2.00 bits per heavy atom. The lowest BCUT2D eigenvalue weighted by atomic mass is 9.95. The Kier molecular flexibility index (Phi) is 6.36. The Bertz CT molecular complexity index is 1400. The van der Waals surface area contributed by atoms with Crippen molar-refractivity contribution in [3.8, 4) is 10.6 Å². The van der Waals surface area contributed by atoms with Gasteiger partial charge in [-0.25, -0.2) is 14.6 Å². The molecule has 5 rings (SSSR count). The first-order valence-corrected chi connectivity index (χ1v) is 13.3. The lowest BCUT2D eigenvalue weighted by Crippen LogP contribution is -2.35. The number of hydrogen-bond acceptors (Lipinski definition) is 7. The number of nitrogens with one attached hydrogen (secondary N) is 1. The molecule has 1 amide bonds. The molecule has 190 valence electrons. The number of pyridine rings is 2. The maximum Gasteiger partial charge on any atom is 0.408 e. The van der Waals surface area contributed by atoms with Crippen LogP contribution in [0.25, 0.3) is 21.6 Å². The summed E-state index contributed by atoms with van der Waals surface area (Å²) in [5.41, 5.74) is 1.71. The van der Waals surface area contributed by atoms with E-state index in [9.17, 15) is 14.4 Å². The fraction of sp³-hybridized carbons (Fsp3) is 0.481. The van der Waals surface area contributed by atoms with Crippen molar-refractivity contribution in [2.24, 2.45) is 0 Å². The predicted octanol–water partition coefficient (Wildman–Crippen LogP) is 5.54. The van der Waals surface area contributed by atoms with Gasteiger partial charge in [0.15, 0.2) is 0 Å². The Hall–Kier alpha value is -3.20. The van der Waals surface area contributed by atoms with Crippen molar-refractivity contribution in [2.75, 3.05) is 6.61 Å². The molecule has 1 N–H and O–H groups in total. The fourth-order valence-electron chi connectivity index (χ4n) is 4.62. The first-order chi connectivity index (χ1) is 17.1. The first kappa shape index (κ1) is 24.5. The molecule has 1 unspecified atom stereocenters. The van der Waals surface area contributed by atoms with Crippen LogP contribution in [0.1, 0.15) is 86.3 Å². The average Bonchev–Trinajstić information content (AvgIpc) is 3.55. The maximum absolute atomic E-state index is 13.1. The van der Waals surface area contributed by atoms with Gasteiger partial charge in [-0.15, -0.1) is 11.3 Å². The Labute approximate surface area is 213 Å². The second-order valence-corrected chi connectivity index (χ2v) is 11.5. The number of alkyl carbamates (subject to hydrolysis) is 1. The number of esters is 1. The molecule has 3 aromatic heterocycles. The van der Waals surface area contributed by atoms with Crippen LogP contribution in [0.5, 0.6) is 0 Å². The van der Waals surface area contributed by atoms with E-state index in [1.807, 2.05) is 31.4 Å². The molecule has 3 aromatic rings. The van der Waals surface area contributed by atoms with Gasteiger partial charge in [-0.1, -0.05) is 0 Å². The van der Waals surface area contributed by atoms with Crippen LogP contribution in [-0.2, 0) is 15.9 Å². The van der Waals surface area contributed by atoms with Crippen molar-refractivity contribution in [3.63, 3.8) is 0 Å². The minimum atomic E-state index is -0.600. The molecule has 2 aliphatic rings. The highest BCUT2D eigenvalue weighted by molar-refractivity contribution is 7.15. The van der Waals surface area contributed by atoms with Gasteiger partial charge in [-0.2, -0.15) is 0 Å². The predicted molar refractivity (Wildman–Crippen MR) is 139 cm³/mol. The van der Waals surface area contributed by atoms with Gasteiger partial charge in [0.2, 0.25) is 5.43 Å². The summed E-state index contributed by atoms with van der Waals surface area (Å²) in [6.07, 6.45) is 5.94. The Balaban J connectivity index is 1.51. The Morgan fingerprint density at radius 3 is 2.69 bits per heavy atom. The lowest BCUT2D eigenvalue weighted by Gasteiger charge is -2.26. The molecule has 2 aliphatic carbocycles. The molecular weight excluding hydrogens is 478 g/mol. The summed E-state index contributed by atoms with van der Waals surface area (Å²) in [5.74, 6) is -0.600. The number of amides is 1. The summed E-state index contributed by atoms with van der Waals surface area (Å²) in [6.45, 7) is 7.49. The summed E-state index contributed by atoms with van der Waals surface area (Å²) in [5, 5.41) is 3.45. The minimum absolute atomic E-state index is 0.0495. The van der Waals surface area contributed by atoms with Gasteiger partial charge < -0.3 is 19.4 Å². The molecule has 9 heteroatoms. The van der Waals surface area contributed by atoms with E-state index in [0.717, 1.165) is 47.6 Å². The van der Waals surface area contributed by atoms with E-state index >= 15 is 0 Å². The van der Waals surface area contributed by atoms with Crippen LogP contribution in [-0.4, -0.2) is 33.8 Å². The third-order valence-corrected chi connectivity index (χ3v) is 7.67. The quantitative estimate of drug-likeness (QED) is 0.454. The van der Waals surface area contributed by atoms with Crippen LogP contribution in [0, 0.1) is 0 Å². The maximum atomic E-state index is 13.1. The van der Waals surface area contributed by atoms with Crippen LogP contribution >= 0.6 is 11.3 Å². The van der Waals surface area contributed by atoms with Crippen LogP contribution in [0.3, 0.4) is 0 Å². The monoisotopic (exact) mass is 509 g/mol. The van der Waals surface area contributed by atoms with E-state index < -0.39 is 17.7 Å². The van der Waals surface area contributed by atoms with E-state index in [0.29, 0.717) is 11.0 Å². The highest BCUT2D eigenvalue weighted by Crippen LogP contribution is 2.41. The van der Waals surface area contributed by atoms with Crippen LogP contribution in [0.4, 0.5) is 4.79 Å². The molecule has 0 spiro atoms. The van der Waals surface area contributed by atoms with Gasteiger partial charge in [0.25, 0.3) is 0 Å². The van der Waals surface area contributed by atoms with E-state index in [1.54, 1.807) is 30.5 Å². The van der Waals surface area contributed by atoms with Crippen LogP contribution in [0.15, 0.2) is 29.2 Å². The minimum Gasteiger partial charge on any atom is -0.462 e. The second-order valence-electron chi connectivity index (χ2n) is 10.4. The van der Waals surface area contributed by atoms with E-state index in [1.165, 1.54) is 5.56 Å². The van der Waals surface area contributed by atoms with Crippen LogP contribution in [0.2, 0.25) is 0 Å². The zero-order valence-corrected chi connectivity index (χ0v) is 21.9. The number of carbonyl (C=O) groups is 2. The second kappa shape index (κ2) is 9.35. The molecule has 0 saturated heterocycles. The number of carbonyl (C=O) groups excluding carboxylic acids is 2. The SMILES string of the molecule is CCOC(=O)c1cn(C2CC2)c2nc(-c3cc4c(s3)C(NC(=O)OC(C)(C)C)CCC4)ccc2c1=O. The summed E-state index contributed by atoms with van der Waals surface area (Å²) in [6, 6.07) is 5.87. The third-order valence-electron chi connectivity index (χ3n) is 6.35. The normalized spacial score (nSPS) is 17.5. The molecule has 1 saturated carbocycles. The highest BCUT2D eigenvalue weighted by atomic mass is 32.1. The van der Waals surface area contributed by atoms with Gasteiger partial charge in [0.1, 0.15) is 16.8 Å². The number of nitrogens with zero attached hydrogens (tertiary/aromatic N) is 2.